The normalized spacial score (nSPS) is 10.8. The van der Waals surface area contributed by atoms with Gasteiger partial charge >= 0.3 is 5.97 Å². The molecule has 1 heterocycles. The molecule has 0 atom stereocenters. The SMILES string of the molecule is CCOC(=O)CN(CCOC)C(=O)/C=C/c1ccc(Br)s1. The Kier molecular flexibility index (Phi) is 8.26. The quantitative estimate of drug-likeness (QED) is 0.517. The highest BCUT2D eigenvalue weighted by Crippen LogP contribution is 2.23. The van der Waals surface area contributed by atoms with E-state index >= 15 is 0 Å². The van der Waals surface area contributed by atoms with E-state index in [1.54, 1.807) is 20.1 Å². The van der Waals surface area contributed by atoms with Gasteiger partial charge in [0.05, 0.1) is 17.0 Å². The van der Waals surface area contributed by atoms with Crippen LogP contribution in [0.4, 0.5) is 0 Å². The lowest BCUT2D eigenvalue weighted by Gasteiger charge is -2.19. The molecule has 5 nitrogen and oxygen atoms in total. The monoisotopic (exact) mass is 375 g/mol. The summed E-state index contributed by atoms with van der Waals surface area (Å²) in [5.74, 6) is -0.668. The van der Waals surface area contributed by atoms with Gasteiger partial charge < -0.3 is 14.4 Å². The summed E-state index contributed by atoms with van der Waals surface area (Å²) < 4.78 is 10.8. The predicted octanol–water partition coefficient (Wildman–Crippen LogP) is 2.56. The molecule has 0 N–H and O–H groups in total. The number of methoxy groups -OCH3 is 1. The Labute approximate surface area is 136 Å². The maximum absolute atomic E-state index is 12.1. The first-order valence-electron chi connectivity index (χ1n) is 6.43. The fourth-order valence-corrected chi connectivity index (χ4v) is 2.83. The van der Waals surface area contributed by atoms with Gasteiger partial charge in [-0.1, -0.05) is 0 Å². The van der Waals surface area contributed by atoms with Crippen LogP contribution in [-0.2, 0) is 19.1 Å². The highest BCUT2D eigenvalue weighted by Gasteiger charge is 2.15. The van der Waals surface area contributed by atoms with Crippen LogP contribution >= 0.6 is 27.3 Å². The minimum Gasteiger partial charge on any atom is -0.465 e. The van der Waals surface area contributed by atoms with Crippen LogP contribution in [0.25, 0.3) is 6.08 Å². The number of hydrogen-bond donors (Lipinski definition) is 0. The van der Waals surface area contributed by atoms with Crippen molar-refractivity contribution in [3.05, 3.63) is 26.9 Å². The molecule has 0 aromatic carbocycles. The second-order valence-corrected chi connectivity index (χ2v) is 6.53. The fraction of sp³-hybridized carbons (Fsp3) is 0.429. The van der Waals surface area contributed by atoms with Gasteiger partial charge in [-0.15, -0.1) is 11.3 Å². The number of hydrogen-bond acceptors (Lipinski definition) is 5. The van der Waals surface area contributed by atoms with Gasteiger partial charge in [0, 0.05) is 24.6 Å². The zero-order valence-electron chi connectivity index (χ0n) is 12.0. The molecule has 0 aliphatic heterocycles. The molecular formula is C14H18BrNO4S. The summed E-state index contributed by atoms with van der Waals surface area (Å²) in [6, 6.07) is 3.82. The molecule has 21 heavy (non-hydrogen) atoms. The van der Waals surface area contributed by atoms with E-state index in [1.807, 2.05) is 12.1 Å². The van der Waals surface area contributed by atoms with Gasteiger partial charge in [-0.05, 0) is 41.1 Å². The van der Waals surface area contributed by atoms with Gasteiger partial charge in [0.1, 0.15) is 6.54 Å². The molecule has 0 bridgehead atoms. The number of ether oxygens (including phenoxy) is 2. The van der Waals surface area contributed by atoms with Gasteiger partial charge in [0.2, 0.25) is 5.91 Å². The summed E-state index contributed by atoms with van der Waals surface area (Å²) in [4.78, 5) is 26.0. The summed E-state index contributed by atoms with van der Waals surface area (Å²) in [5.41, 5.74) is 0. The zero-order chi connectivity index (χ0) is 15.7. The largest absolute Gasteiger partial charge is 0.465 e. The molecule has 0 unspecified atom stereocenters. The van der Waals surface area contributed by atoms with Crippen molar-refractivity contribution in [2.75, 3.05) is 33.4 Å². The summed E-state index contributed by atoms with van der Waals surface area (Å²) in [5, 5.41) is 0. The van der Waals surface area contributed by atoms with E-state index in [1.165, 1.54) is 22.3 Å². The first kappa shape index (κ1) is 17.9. The second kappa shape index (κ2) is 9.70. The highest BCUT2D eigenvalue weighted by atomic mass is 79.9. The van der Waals surface area contributed by atoms with Crippen LogP contribution in [0.5, 0.6) is 0 Å². The summed E-state index contributed by atoms with van der Waals surface area (Å²) in [6.45, 7) is 2.66. The van der Waals surface area contributed by atoms with Crippen molar-refractivity contribution < 1.29 is 19.1 Å². The minimum absolute atomic E-state index is 0.0749. The lowest BCUT2D eigenvalue weighted by atomic mass is 10.3. The molecule has 0 spiro atoms. The lowest BCUT2D eigenvalue weighted by molar-refractivity contribution is -0.148. The van der Waals surface area contributed by atoms with Gasteiger partial charge in [-0.25, -0.2) is 0 Å². The first-order chi connectivity index (χ1) is 10.1. The first-order valence-corrected chi connectivity index (χ1v) is 8.04. The van der Waals surface area contributed by atoms with Crippen molar-refractivity contribution in [1.82, 2.24) is 4.90 Å². The van der Waals surface area contributed by atoms with Gasteiger partial charge in [-0.2, -0.15) is 0 Å². The average molecular weight is 376 g/mol. The minimum atomic E-state index is -0.422. The number of thiophene rings is 1. The summed E-state index contributed by atoms with van der Waals surface area (Å²) in [7, 11) is 1.55. The van der Waals surface area contributed by atoms with E-state index in [0.29, 0.717) is 19.8 Å². The lowest BCUT2D eigenvalue weighted by Crippen LogP contribution is -2.37. The Balaban J connectivity index is 2.65. The van der Waals surface area contributed by atoms with E-state index in [-0.39, 0.29) is 12.5 Å². The highest BCUT2D eigenvalue weighted by molar-refractivity contribution is 9.11. The Hall–Kier alpha value is -1.18. The Morgan fingerprint density at radius 3 is 2.76 bits per heavy atom. The maximum Gasteiger partial charge on any atom is 0.325 e. The molecule has 0 fully saturated rings. The van der Waals surface area contributed by atoms with Crippen LogP contribution in [0.15, 0.2) is 22.0 Å². The third-order valence-electron chi connectivity index (χ3n) is 2.49. The Morgan fingerprint density at radius 2 is 2.19 bits per heavy atom. The fourth-order valence-electron chi connectivity index (χ4n) is 1.51. The number of rotatable bonds is 8. The second-order valence-electron chi connectivity index (χ2n) is 4.03. The van der Waals surface area contributed by atoms with E-state index in [4.69, 9.17) is 9.47 Å². The van der Waals surface area contributed by atoms with E-state index in [2.05, 4.69) is 15.9 Å². The Bertz CT molecular complexity index is 501. The number of amides is 1. The van der Waals surface area contributed by atoms with Crippen molar-refractivity contribution >= 4 is 45.2 Å². The molecule has 1 aromatic heterocycles. The number of esters is 1. The number of carbonyl (C=O) groups is 2. The van der Waals surface area contributed by atoms with Crippen LogP contribution in [0, 0.1) is 0 Å². The standard InChI is InChI=1S/C14H18BrNO4S/c1-3-20-14(18)10-16(8-9-19-2)13(17)7-5-11-4-6-12(15)21-11/h4-7H,3,8-10H2,1-2H3/b7-5+. The van der Waals surface area contributed by atoms with Crippen molar-refractivity contribution in [2.45, 2.75) is 6.92 Å². The van der Waals surface area contributed by atoms with Crippen molar-refractivity contribution in [3.8, 4) is 0 Å². The molecule has 1 rings (SSSR count). The third kappa shape index (κ3) is 6.88. The molecular weight excluding hydrogens is 358 g/mol. The van der Waals surface area contributed by atoms with Crippen molar-refractivity contribution in [2.24, 2.45) is 0 Å². The summed E-state index contributed by atoms with van der Waals surface area (Å²) >= 11 is 4.89. The molecule has 0 aliphatic carbocycles. The van der Waals surface area contributed by atoms with Gasteiger partial charge in [0.25, 0.3) is 0 Å². The van der Waals surface area contributed by atoms with Crippen molar-refractivity contribution in [3.63, 3.8) is 0 Å². The summed E-state index contributed by atoms with van der Waals surface area (Å²) in [6.07, 6.45) is 3.18. The van der Waals surface area contributed by atoms with E-state index in [0.717, 1.165) is 8.66 Å². The van der Waals surface area contributed by atoms with Crippen LogP contribution in [0.3, 0.4) is 0 Å². The molecule has 1 aromatic rings. The molecule has 116 valence electrons. The molecule has 0 aliphatic rings. The van der Waals surface area contributed by atoms with Crippen LogP contribution in [0.2, 0.25) is 0 Å². The van der Waals surface area contributed by atoms with Crippen LogP contribution in [0.1, 0.15) is 11.8 Å². The van der Waals surface area contributed by atoms with E-state index in [9.17, 15) is 9.59 Å². The average Bonchev–Trinajstić information content (AvgIpc) is 2.86. The van der Waals surface area contributed by atoms with Crippen molar-refractivity contribution in [1.29, 1.82) is 0 Å². The predicted molar refractivity (Wildman–Crippen MR) is 86.1 cm³/mol. The number of halogens is 1. The third-order valence-corrected chi connectivity index (χ3v) is 4.08. The van der Waals surface area contributed by atoms with Crippen LogP contribution < -0.4 is 0 Å². The van der Waals surface area contributed by atoms with Gasteiger partial charge in [-0.3, -0.25) is 9.59 Å². The molecule has 1 amide bonds. The molecule has 0 saturated heterocycles. The van der Waals surface area contributed by atoms with Gasteiger partial charge in [0.15, 0.2) is 0 Å². The number of carbonyl (C=O) groups excluding carboxylic acids is 2. The number of nitrogens with zero attached hydrogens (tertiary/aromatic N) is 1. The zero-order valence-corrected chi connectivity index (χ0v) is 14.4. The smallest absolute Gasteiger partial charge is 0.325 e. The molecule has 7 heteroatoms. The molecule has 0 radical (unpaired) electrons. The topological polar surface area (TPSA) is 55.8 Å². The van der Waals surface area contributed by atoms with Crippen LogP contribution in [-0.4, -0.2) is 50.2 Å². The van der Waals surface area contributed by atoms with E-state index < -0.39 is 5.97 Å². The molecule has 0 saturated carbocycles. The maximum atomic E-state index is 12.1. The Morgan fingerprint density at radius 1 is 1.43 bits per heavy atom.